The van der Waals surface area contributed by atoms with Gasteiger partial charge in [-0.15, -0.1) is 11.3 Å². The summed E-state index contributed by atoms with van der Waals surface area (Å²) < 4.78 is 38.5. The SMILES string of the molecule is CC(=O)c1ccc(-c2ccc(F)c(Nc3ncc(C(N)=O)c(Nc4ccccc4S(N)(=O)=O)n3)c2)s1. The lowest BCUT2D eigenvalue weighted by atomic mass is 10.1. The fraction of sp³-hybridized carbons (Fsp3) is 0.0435. The van der Waals surface area contributed by atoms with Crippen molar-refractivity contribution in [3.05, 3.63) is 77.1 Å². The Morgan fingerprint density at radius 2 is 1.78 bits per heavy atom. The lowest BCUT2D eigenvalue weighted by molar-refractivity contribution is 0.0997. The fourth-order valence-electron chi connectivity index (χ4n) is 3.24. The second-order valence-corrected chi connectivity index (χ2v) is 10.1. The van der Waals surface area contributed by atoms with Gasteiger partial charge in [0.2, 0.25) is 16.0 Å². The van der Waals surface area contributed by atoms with Gasteiger partial charge in [-0.2, -0.15) is 4.98 Å². The first-order valence-corrected chi connectivity index (χ1v) is 12.6. The van der Waals surface area contributed by atoms with Gasteiger partial charge in [0, 0.05) is 11.1 Å². The molecule has 0 aliphatic rings. The number of hydrogen-bond donors (Lipinski definition) is 4. The van der Waals surface area contributed by atoms with Gasteiger partial charge in [0.05, 0.1) is 16.3 Å². The second-order valence-electron chi connectivity index (χ2n) is 7.53. The Hall–Kier alpha value is -4.20. The third kappa shape index (κ3) is 5.38. The molecule has 10 nitrogen and oxygen atoms in total. The molecule has 36 heavy (non-hydrogen) atoms. The van der Waals surface area contributed by atoms with Crippen LogP contribution in [0.4, 0.5) is 27.5 Å². The first-order valence-electron chi connectivity index (χ1n) is 10.3. The normalized spacial score (nSPS) is 11.2. The van der Waals surface area contributed by atoms with E-state index in [1.54, 1.807) is 24.3 Å². The number of carbonyl (C=O) groups excluding carboxylic acids is 2. The number of anilines is 4. The quantitative estimate of drug-likeness (QED) is 0.251. The predicted octanol–water partition coefficient (Wildman–Crippen LogP) is 3.78. The first-order chi connectivity index (χ1) is 17.0. The van der Waals surface area contributed by atoms with Crippen molar-refractivity contribution in [2.24, 2.45) is 10.9 Å². The van der Waals surface area contributed by atoms with Crippen molar-refractivity contribution in [3.8, 4) is 10.4 Å². The largest absolute Gasteiger partial charge is 0.365 e. The van der Waals surface area contributed by atoms with E-state index in [9.17, 15) is 22.4 Å². The lowest BCUT2D eigenvalue weighted by Gasteiger charge is -2.14. The van der Waals surface area contributed by atoms with Gasteiger partial charge in [0.1, 0.15) is 22.1 Å². The molecular formula is C23H19FN6O4S2. The van der Waals surface area contributed by atoms with Crippen molar-refractivity contribution < 1.29 is 22.4 Å². The maximum atomic E-state index is 14.6. The molecule has 0 saturated carbocycles. The molecule has 0 atom stereocenters. The van der Waals surface area contributed by atoms with E-state index < -0.39 is 21.7 Å². The Balaban J connectivity index is 1.70. The monoisotopic (exact) mass is 526 g/mol. The third-order valence-corrected chi connectivity index (χ3v) is 7.16. The van der Waals surface area contributed by atoms with Gasteiger partial charge in [0.15, 0.2) is 5.78 Å². The number of rotatable bonds is 8. The van der Waals surface area contributed by atoms with Crippen LogP contribution in [0.5, 0.6) is 0 Å². The highest BCUT2D eigenvalue weighted by atomic mass is 32.2. The highest BCUT2D eigenvalue weighted by Crippen LogP contribution is 2.32. The van der Waals surface area contributed by atoms with Gasteiger partial charge in [0.25, 0.3) is 5.91 Å². The van der Waals surface area contributed by atoms with E-state index in [1.165, 1.54) is 48.6 Å². The number of ketones is 1. The molecule has 0 aliphatic carbocycles. The molecule has 2 aromatic heterocycles. The number of benzene rings is 2. The predicted molar refractivity (Wildman–Crippen MR) is 135 cm³/mol. The number of hydrogen-bond acceptors (Lipinski definition) is 9. The molecule has 2 aromatic carbocycles. The van der Waals surface area contributed by atoms with Crippen molar-refractivity contribution in [1.82, 2.24) is 9.97 Å². The number of Topliss-reactive ketones (excluding diaryl/α,β-unsaturated/α-hetero) is 1. The van der Waals surface area contributed by atoms with Crippen LogP contribution in [-0.2, 0) is 10.0 Å². The summed E-state index contributed by atoms with van der Waals surface area (Å²) in [5.74, 6) is -1.75. The molecule has 4 rings (SSSR count). The Bertz CT molecular complexity index is 1600. The summed E-state index contributed by atoms with van der Waals surface area (Å²) in [6, 6.07) is 13.6. The number of nitrogens with one attached hydrogen (secondary N) is 2. The van der Waals surface area contributed by atoms with Crippen molar-refractivity contribution in [2.45, 2.75) is 11.8 Å². The highest BCUT2D eigenvalue weighted by molar-refractivity contribution is 7.89. The molecule has 4 aromatic rings. The molecule has 0 fully saturated rings. The van der Waals surface area contributed by atoms with E-state index in [4.69, 9.17) is 10.9 Å². The van der Waals surface area contributed by atoms with E-state index in [0.29, 0.717) is 10.4 Å². The molecule has 184 valence electrons. The Labute approximate surface area is 209 Å². The van der Waals surface area contributed by atoms with Crippen LogP contribution in [0.2, 0.25) is 0 Å². The molecule has 6 N–H and O–H groups in total. The lowest BCUT2D eigenvalue weighted by Crippen LogP contribution is -2.17. The van der Waals surface area contributed by atoms with E-state index in [1.807, 2.05) is 0 Å². The molecule has 0 radical (unpaired) electrons. The summed E-state index contributed by atoms with van der Waals surface area (Å²) in [6.45, 7) is 1.47. The minimum Gasteiger partial charge on any atom is -0.365 e. The van der Waals surface area contributed by atoms with Crippen LogP contribution in [0.15, 0.2) is 65.7 Å². The van der Waals surface area contributed by atoms with Gasteiger partial charge >= 0.3 is 0 Å². The number of amides is 1. The van der Waals surface area contributed by atoms with Crippen LogP contribution in [-0.4, -0.2) is 30.1 Å². The Kier molecular flexibility index (Phi) is 6.79. The topological polar surface area (TPSA) is 170 Å². The third-order valence-electron chi connectivity index (χ3n) is 4.95. The fourth-order valence-corrected chi connectivity index (χ4v) is 4.83. The van der Waals surface area contributed by atoms with Gasteiger partial charge in [-0.25, -0.2) is 22.9 Å². The number of nitrogens with two attached hydrogens (primary N) is 2. The van der Waals surface area contributed by atoms with E-state index in [0.717, 1.165) is 11.1 Å². The van der Waals surface area contributed by atoms with E-state index in [2.05, 4.69) is 20.6 Å². The average Bonchev–Trinajstić information content (AvgIpc) is 3.31. The maximum absolute atomic E-state index is 14.6. The Morgan fingerprint density at radius 1 is 1.03 bits per heavy atom. The van der Waals surface area contributed by atoms with Gasteiger partial charge < -0.3 is 16.4 Å². The summed E-state index contributed by atoms with van der Waals surface area (Å²) in [7, 11) is -4.09. The van der Waals surface area contributed by atoms with Crippen LogP contribution in [0.1, 0.15) is 27.0 Å². The number of sulfonamides is 1. The van der Waals surface area contributed by atoms with Crippen LogP contribution < -0.4 is 21.5 Å². The molecule has 0 bridgehead atoms. The first kappa shape index (κ1) is 24.9. The number of primary sulfonamides is 1. The summed E-state index contributed by atoms with van der Waals surface area (Å²) in [6.07, 6.45) is 1.12. The van der Waals surface area contributed by atoms with Crippen molar-refractivity contribution >= 4 is 56.2 Å². The molecule has 0 unspecified atom stereocenters. The molecule has 0 spiro atoms. The van der Waals surface area contributed by atoms with Crippen molar-refractivity contribution in [1.29, 1.82) is 0 Å². The van der Waals surface area contributed by atoms with Crippen LogP contribution in [0, 0.1) is 5.82 Å². The molecule has 13 heteroatoms. The van der Waals surface area contributed by atoms with E-state index in [-0.39, 0.29) is 39.4 Å². The van der Waals surface area contributed by atoms with Crippen molar-refractivity contribution in [2.75, 3.05) is 10.6 Å². The number of thiophene rings is 1. The summed E-state index contributed by atoms with van der Waals surface area (Å²) in [5.41, 5.74) is 6.04. The zero-order valence-corrected chi connectivity index (χ0v) is 20.3. The minimum absolute atomic E-state index is 0.0352. The summed E-state index contributed by atoms with van der Waals surface area (Å²) in [4.78, 5) is 32.9. The Morgan fingerprint density at radius 3 is 2.44 bits per heavy atom. The minimum atomic E-state index is -4.09. The van der Waals surface area contributed by atoms with Gasteiger partial charge in [-0.05, 0) is 48.9 Å². The van der Waals surface area contributed by atoms with E-state index >= 15 is 0 Å². The number of nitrogens with zero attached hydrogens (tertiary/aromatic N) is 2. The number of para-hydroxylation sites is 1. The molecule has 0 aliphatic heterocycles. The molecule has 2 heterocycles. The molecule has 1 amide bonds. The number of halogens is 1. The van der Waals surface area contributed by atoms with Crippen molar-refractivity contribution in [3.63, 3.8) is 0 Å². The summed E-state index contributed by atoms with van der Waals surface area (Å²) >= 11 is 1.28. The smallest absolute Gasteiger partial charge is 0.254 e. The second kappa shape index (κ2) is 9.81. The van der Waals surface area contributed by atoms with Crippen LogP contribution in [0.3, 0.4) is 0 Å². The van der Waals surface area contributed by atoms with Gasteiger partial charge in [-0.3, -0.25) is 9.59 Å². The molecular weight excluding hydrogens is 507 g/mol. The van der Waals surface area contributed by atoms with Crippen LogP contribution >= 0.6 is 11.3 Å². The van der Waals surface area contributed by atoms with Gasteiger partial charge in [-0.1, -0.05) is 18.2 Å². The maximum Gasteiger partial charge on any atom is 0.254 e. The van der Waals surface area contributed by atoms with Crippen LogP contribution in [0.25, 0.3) is 10.4 Å². The number of aromatic nitrogens is 2. The standard InChI is InChI=1S/C23H19FN6O4S2/c1-12(31)18-8-9-19(35-18)13-6-7-15(24)17(10-13)29-23-27-11-14(21(25)32)22(30-23)28-16-4-2-3-5-20(16)36(26,33)34/h2-11H,1H3,(H2,25,32)(H2,26,33,34)(H2,27,28,29,30). The summed E-state index contributed by atoms with van der Waals surface area (Å²) in [5, 5.41) is 10.8. The average molecular weight is 527 g/mol. The zero-order chi connectivity index (χ0) is 26.0. The number of carbonyl (C=O) groups is 2. The zero-order valence-electron chi connectivity index (χ0n) is 18.7. The highest BCUT2D eigenvalue weighted by Gasteiger charge is 2.18. The molecule has 0 saturated heterocycles. The number of primary amides is 1.